The van der Waals surface area contributed by atoms with E-state index < -0.39 is 6.10 Å². The van der Waals surface area contributed by atoms with Crippen molar-refractivity contribution in [1.29, 1.82) is 0 Å². The van der Waals surface area contributed by atoms with E-state index in [9.17, 15) is 9.90 Å². The standard InChI is InChI=1S/C13H19NO2/c1-4-13(16)14-8-12(15)11-7-9(2)5-6-10(11)3/h5-7,12,15H,4,8H2,1-3H3,(H,14,16). The smallest absolute Gasteiger partial charge is 0.219 e. The molecule has 0 heterocycles. The van der Waals surface area contributed by atoms with Crippen LogP contribution in [0.5, 0.6) is 0 Å². The maximum absolute atomic E-state index is 11.1. The SMILES string of the molecule is CCC(=O)NCC(O)c1cc(C)ccc1C. The van der Waals surface area contributed by atoms with E-state index in [0.717, 1.165) is 16.7 Å². The predicted octanol–water partition coefficient (Wildman–Crippen LogP) is 1.86. The van der Waals surface area contributed by atoms with E-state index in [-0.39, 0.29) is 12.5 Å². The quantitative estimate of drug-likeness (QED) is 0.815. The fraction of sp³-hybridized carbons (Fsp3) is 0.462. The molecule has 2 N–H and O–H groups in total. The number of rotatable bonds is 4. The highest BCUT2D eigenvalue weighted by atomic mass is 16.3. The van der Waals surface area contributed by atoms with Gasteiger partial charge in [-0.1, -0.05) is 30.7 Å². The van der Waals surface area contributed by atoms with Crippen LogP contribution < -0.4 is 5.32 Å². The molecule has 0 aliphatic heterocycles. The van der Waals surface area contributed by atoms with E-state index in [2.05, 4.69) is 5.32 Å². The molecule has 0 aromatic heterocycles. The Morgan fingerprint density at radius 3 is 2.75 bits per heavy atom. The van der Waals surface area contributed by atoms with Gasteiger partial charge in [0.1, 0.15) is 0 Å². The second-order valence-electron chi connectivity index (χ2n) is 4.03. The van der Waals surface area contributed by atoms with Gasteiger partial charge in [0.15, 0.2) is 0 Å². The van der Waals surface area contributed by atoms with E-state index in [1.54, 1.807) is 6.92 Å². The Balaban J connectivity index is 2.68. The first kappa shape index (κ1) is 12.7. The van der Waals surface area contributed by atoms with Gasteiger partial charge < -0.3 is 10.4 Å². The molecule has 0 aliphatic carbocycles. The second-order valence-corrected chi connectivity index (χ2v) is 4.03. The van der Waals surface area contributed by atoms with Crippen LogP contribution in [-0.2, 0) is 4.79 Å². The lowest BCUT2D eigenvalue weighted by molar-refractivity contribution is -0.121. The lowest BCUT2D eigenvalue weighted by Crippen LogP contribution is -2.27. The third-order valence-corrected chi connectivity index (χ3v) is 2.61. The molecule has 0 saturated heterocycles. The number of hydrogen-bond donors (Lipinski definition) is 2. The van der Waals surface area contributed by atoms with Crippen molar-refractivity contribution in [3.8, 4) is 0 Å². The summed E-state index contributed by atoms with van der Waals surface area (Å²) in [5, 5.41) is 12.6. The van der Waals surface area contributed by atoms with E-state index in [0.29, 0.717) is 6.42 Å². The Kier molecular flexibility index (Phi) is 4.50. The average molecular weight is 221 g/mol. The van der Waals surface area contributed by atoms with Crippen LogP contribution in [0.2, 0.25) is 0 Å². The van der Waals surface area contributed by atoms with Crippen LogP contribution in [0, 0.1) is 13.8 Å². The van der Waals surface area contributed by atoms with Gasteiger partial charge in [0.2, 0.25) is 5.91 Å². The number of carbonyl (C=O) groups excluding carboxylic acids is 1. The average Bonchev–Trinajstić information content (AvgIpc) is 2.28. The van der Waals surface area contributed by atoms with Crippen molar-refractivity contribution in [3.05, 3.63) is 34.9 Å². The van der Waals surface area contributed by atoms with Crippen molar-refractivity contribution in [2.75, 3.05) is 6.54 Å². The summed E-state index contributed by atoms with van der Waals surface area (Å²) in [5.41, 5.74) is 3.04. The highest BCUT2D eigenvalue weighted by Crippen LogP contribution is 2.18. The van der Waals surface area contributed by atoms with Crippen LogP contribution in [0.15, 0.2) is 18.2 Å². The van der Waals surface area contributed by atoms with Crippen molar-refractivity contribution in [3.63, 3.8) is 0 Å². The summed E-state index contributed by atoms with van der Waals surface area (Å²) in [6, 6.07) is 5.95. The Morgan fingerprint density at radius 2 is 2.12 bits per heavy atom. The maximum Gasteiger partial charge on any atom is 0.219 e. The third-order valence-electron chi connectivity index (χ3n) is 2.61. The van der Waals surface area contributed by atoms with Crippen molar-refractivity contribution in [1.82, 2.24) is 5.32 Å². The number of aryl methyl sites for hydroxylation is 2. The van der Waals surface area contributed by atoms with Gasteiger partial charge >= 0.3 is 0 Å². The molecule has 1 atom stereocenters. The molecule has 1 amide bonds. The zero-order valence-corrected chi connectivity index (χ0v) is 10.1. The van der Waals surface area contributed by atoms with Gasteiger partial charge in [-0.25, -0.2) is 0 Å². The molecule has 3 nitrogen and oxygen atoms in total. The van der Waals surface area contributed by atoms with Gasteiger partial charge in [0, 0.05) is 13.0 Å². The molecule has 0 fully saturated rings. The molecular formula is C13H19NO2. The summed E-state index contributed by atoms with van der Waals surface area (Å²) in [5.74, 6) is -0.0376. The molecule has 3 heteroatoms. The second kappa shape index (κ2) is 5.66. The van der Waals surface area contributed by atoms with Crippen LogP contribution in [0.4, 0.5) is 0 Å². The van der Waals surface area contributed by atoms with Gasteiger partial charge in [-0.3, -0.25) is 4.79 Å². The Morgan fingerprint density at radius 1 is 1.44 bits per heavy atom. The molecule has 16 heavy (non-hydrogen) atoms. The van der Waals surface area contributed by atoms with Crippen LogP contribution in [-0.4, -0.2) is 17.6 Å². The topological polar surface area (TPSA) is 49.3 Å². The van der Waals surface area contributed by atoms with Crippen molar-refractivity contribution >= 4 is 5.91 Å². The van der Waals surface area contributed by atoms with Crippen LogP contribution in [0.25, 0.3) is 0 Å². The van der Waals surface area contributed by atoms with Gasteiger partial charge in [-0.05, 0) is 25.0 Å². The number of hydrogen-bond acceptors (Lipinski definition) is 2. The fourth-order valence-electron chi connectivity index (χ4n) is 1.56. The van der Waals surface area contributed by atoms with Gasteiger partial charge in [0.05, 0.1) is 6.10 Å². The minimum Gasteiger partial charge on any atom is -0.387 e. The van der Waals surface area contributed by atoms with Gasteiger partial charge in [-0.2, -0.15) is 0 Å². The summed E-state index contributed by atoms with van der Waals surface area (Å²) in [6.07, 6.45) is -0.185. The van der Waals surface area contributed by atoms with Gasteiger partial charge in [-0.15, -0.1) is 0 Å². The monoisotopic (exact) mass is 221 g/mol. The molecule has 1 aromatic carbocycles. The van der Waals surface area contributed by atoms with E-state index >= 15 is 0 Å². The van der Waals surface area contributed by atoms with E-state index in [1.807, 2.05) is 32.0 Å². The summed E-state index contributed by atoms with van der Waals surface area (Å²) in [4.78, 5) is 11.1. The largest absolute Gasteiger partial charge is 0.387 e. The Bertz CT molecular complexity index is 374. The molecule has 0 aliphatic rings. The highest BCUT2D eigenvalue weighted by molar-refractivity contribution is 5.75. The predicted molar refractivity (Wildman–Crippen MR) is 64.2 cm³/mol. The van der Waals surface area contributed by atoms with E-state index in [1.165, 1.54) is 0 Å². The van der Waals surface area contributed by atoms with Gasteiger partial charge in [0.25, 0.3) is 0 Å². The first-order valence-electron chi connectivity index (χ1n) is 5.56. The van der Waals surface area contributed by atoms with Crippen molar-refractivity contribution in [2.45, 2.75) is 33.3 Å². The Labute approximate surface area is 96.5 Å². The molecule has 1 unspecified atom stereocenters. The highest BCUT2D eigenvalue weighted by Gasteiger charge is 2.11. The first-order chi connectivity index (χ1) is 7.54. The van der Waals surface area contributed by atoms with Crippen LogP contribution in [0.1, 0.15) is 36.1 Å². The van der Waals surface area contributed by atoms with E-state index in [4.69, 9.17) is 0 Å². The lowest BCUT2D eigenvalue weighted by atomic mass is 10.0. The third kappa shape index (κ3) is 3.35. The fourth-order valence-corrected chi connectivity index (χ4v) is 1.56. The summed E-state index contributed by atoms with van der Waals surface area (Å²) >= 11 is 0. The number of aliphatic hydroxyl groups excluding tert-OH is 1. The van der Waals surface area contributed by atoms with Crippen LogP contribution >= 0.6 is 0 Å². The van der Waals surface area contributed by atoms with Crippen molar-refractivity contribution in [2.24, 2.45) is 0 Å². The Hall–Kier alpha value is -1.35. The lowest BCUT2D eigenvalue weighted by Gasteiger charge is -2.15. The first-order valence-corrected chi connectivity index (χ1v) is 5.56. The molecule has 0 saturated carbocycles. The number of benzene rings is 1. The minimum atomic E-state index is -0.629. The summed E-state index contributed by atoms with van der Waals surface area (Å²) in [6.45, 7) is 6.01. The molecule has 1 rings (SSSR count). The normalized spacial score (nSPS) is 12.2. The number of carbonyl (C=O) groups is 1. The zero-order chi connectivity index (χ0) is 12.1. The summed E-state index contributed by atoms with van der Waals surface area (Å²) in [7, 11) is 0. The molecule has 0 spiro atoms. The van der Waals surface area contributed by atoms with Crippen molar-refractivity contribution < 1.29 is 9.90 Å². The molecule has 0 bridgehead atoms. The number of amides is 1. The zero-order valence-electron chi connectivity index (χ0n) is 10.1. The van der Waals surface area contributed by atoms with Crippen LogP contribution in [0.3, 0.4) is 0 Å². The minimum absolute atomic E-state index is 0.0376. The number of nitrogens with one attached hydrogen (secondary N) is 1. The molecule has 0 radical (unpaired) electrons. The number of aliphatic hydroxyl groups is 1. The maximum atomic E-state index is 11.1. The molecule has 88 valence electrons. The summed E-state index contributed by atoms with van der Waals surface area (Å²) < 4.78 is 0. The molecular weight excluding hydrogens is 202 g/mol. The molecule has 1 aromatic rings.